The van der Waals surface area contributed by atoms with Gasteiger partial charge in [-0.2, -0.15) is 5.26 Å². The van der Waals surface area contributed by atoms with E-state index in [4.69, 9.17) is 5.73 Å². The number of hydrogen-bond donors (Lipinski definition) is 1. The molecule has 2 aliphatic rings. The first-order chi connectivity index (χ1) is 13.5. The molecule has 28 heavy (non-hydrogen) atoms. The smallest absolute Gasteiger partial charge is 0.219 e. The number of carbonyl (C=O) groups excluding carboxylic acids is 1. The van der Waals surface area contributed by atoms with Crippen molar-refractivity contribution < 1.29 is 4.79 Å². The zero-order chi connectivity index (χ0) is 19.8. The van der Waals surface area contributed by atoms with Gasteiger partial charge in [0.05, 0.1) is 17.6 Å². The maximum absolute atomic E-state index is 12.9. The Hall–Kier alpha value is -2.15. The van der Waals surface area contributed by atoms with Crippen molar-refractivity contribution in [3.05, 3.63) is 45.1 Å². The van der Waals surface area contributed by atoms with Crippen LogP contribution in [0.1, 0.15) is 43.9 Å². The van der Waals surface area contributed by atoms with Gasteiger partial charge >= 0.3 is 0 Å². The number of anilines is 1. The highest BCUT2D eigenvalue weighted by atomic mass is 32.2. The number of ketones is 1. The van der Waals surface area contributed by atoms with Crippen LogP contribution in [0, 0.1) is 11.3 Å². The molecule has 2 aromatic heterocycles. The molecule has 0 radical (unpaired) electrons. The Morgan fingerprint density at radius 2 is 2.21 bits per heavy atom. The van der Waals surface area contributed by atoms with Gasteiger partial charge in [0.15, 0.2) is 10.1 Å². The van der Waals surface area contributed by atoms with E-state index in [1.807, 2.05) is 17.5 Å². The highest BCUT2D eigenvalue weighted by molar-refractivity contribution is 8.01. The number of nitrogens with zero attached hydrogens (tertiary/aromatic N) is 4. The predicted molar refractivity (Wildman–Crippen MR) is 113 cm³/mol. The summed E-state index contributed by atoms with van der Waals surface area (Å²) >= 11 is 4.62. The molecule has 0 aromatic carbocycles. The third-order valence-corrected chi connectivity index (χ3v) is 7.60. The van der Waals surface area contributed by atoms with Gasteiger partial charge in [0.2, 0.25) is 5.13 Å². The second kappa shape index (κ2) is 7.70. The van der Waals surface area contributed by atoms with Gasteiger partial charge in [-0.1, -0.05) is 43.0 Å². The van der Waals surface area contributed by atoms with Crippen molar-refractivity contribution in [1.82, 2.24) is 10.2 Å². The van der Waals surface area contributed by atoms with Crippen LogP contribution in [0.4, 0.5) is 5.13 Å². The van der Waals surface area contributed by atoms with E-state index in [-0.39, 0.29) is 11.7 Å². The molecule has 3 heterocycles. The van der Waals surface area contributed by atoms with Crippen LogP contribution < -0.4 is 10.6 Å². The predicted octanol–water partition coefficient (Wildman–Crippen LogP) is 4.40. The summed E-state index contributed by atoms with van der Waals surface area (Å²) in [6, 6.07) is 6.17. The lowest BCUT2D eigenvalue weighted by Gasteiger charge is -2.37. The zero-order valence-corrected chi connectivity index (χ0v) is 18.0. The van der Waals surface area contributed by atoms with Crippen LogP contribution in [0.3, 0.4) is 0 Å². The summed E-state index contributed by atoms with van der Waals surface area (Å²) < 4.78 is 0.848. The summed E-state index contributed by atoms with van der Waals surface area (Å²) in [7, 11) is 0. The van der Waals surface area contributed by atoms with Crippen molar-refractivity contribution in [2.45, 2.75) is 48.6 Å². The largest absolute Gasteiger partial charge is 0.384 e. The Labute approximate surface area is 175 Å². The van der Waals surface area contributed by atoms with Crippen molar-refractivity contribution in [3.63, 3.8) is 0 Å². The Kier molecular flexibility index (Phi) is 5.27. The van der Waals surface area contributed by atoms with Crippen molar-refractivity contribution in [3.8, 4) is 6.07 Å². The maximum atomic E-state index is 12.9. The van der Waals surface area contributed by atoms with Crippen LogP contribution in [-0.2, 0) is 4.79 Å². The van der Waals surface area contributed by atoms with E-state index in [2.05, 4.69) is 30.1 Å². The first-order valence-corrected chi connectivity index (χ1v) is 11.6. The second-order valence-corrected chi connectivity index (χ2v) is 10.6. The van der Waals surface area contributed by atoms with Gasteiger partial charge in [0.1, 0.15) is 5.82 Å². The summed E-state index contributed by atoms with van der Waals surface area (Å²) in [5.74, 6) is 0.0549. The summed E-state index contributed by atoms with van der Waals surface area (Å²) in [6.45, 7) is 4.20. The Morgan fingerprint density at radius 1 is 1.39 bits per heavy atom. The minimum Gasteiger partial charge on any atom is -0.384 e. The normalized spacial score (nSPS) is 20.0. The number of thioether (sulfide) groups is 1. The molecule has 0 amide bonds. The fourth-order valence-corrected chi connectivity index (χ4v) is 6.53. The van der Waals surface area contributed by atoms with E-state index < -0.39 is 0 Å². The highest BCUT2D eigenvalue weighted by Crippen LogP contribution is 2.48. The fraction of sp³-hybridized carbons (Fsp3) is 0.368. The third-order valence-electron chi connectivity index (χ3n) is 4.66. The molecule has 0 bridgehead atoms. The quantitative estimate of drug-likeness (QED) is 0.719. The molecule has 144 valence electrons. The molecule has 6 nitrogen and oxygen atoms in total. The van der Waals surface area contributed by atoms with E-state index in [0.29, 0.717) is 33.8 Å². The van der Waals surface area contributed by atoms with Crippen LogP contribution >= 0.6 is 34.4 Å². The molecule has 0 unspecified atom stereocenters. The molecular weight excluding hydrogens is 410 g/mol. The van der Waals surface area contributed by atoms with E-state index in [1.165, 1.54) is 11.3 Å². The fourth-order valence-electron chi connectivity index (χ4n) is 3.59. The maximum Gasteiger partial charge on any atom is 0.219 e. The summed E-state index contributed by atoms with van der Waals surface area (Å²) in [5.41, 5.74) is 8.46. The molecule has 0 saturated carbocycles. The van der Waals surface area contributed by atoms with Gasteiger partial charge < -0.3 is 5.73 Å². The minimum atomic E-state index is -0.388. The number of aromatic nitrogens is 2. The molecule has 9 heteroatoms. The number of allylic oxidation sites excluding steroid dienone is 3. The van der Waals surface area contributed by atoms with Crippen LogP contribution in [0.2, 0.25) is 0 Å². The Morgan fingerprint density at radius 3 is 2.89 bits per heavy atom. The van der Waals surface area contributed by atoms with Gasteiger partial charge in [-0.05, 0) is 24.3 Å². The summed E-state index contributed by atoms with van der Waals surface area (Å²) in [6.07, 6.45) is 2.00. The first-order valence-electron chi connectivity index (χ1n) is 9.01. The first kappa shape index (κ1) is 19.2. The number of thiophene rings is 1. The van der Waals surface area contributed by atoms with Crippen LogP contribution in [-0.4, -0.2) is 21.2 Å². The second-order valence-electron chi connectivity index (χ2n) is 6.85. The van der Waals surface area contributed by atoms with Crippen LogP contribution in [0.15, 0.2) is 44.5 Å². The van der Waals surface area contributed by atoms with Gasteiger partial charge in [-0.3, -0.25) is 9.69 Å². The number of nitrogens with two attached hydrogens (primary N) is 1. The SMILES string of the molecule is CC(C)Sc1nnc(N2C(N)=C(C#N)[C@@H](c3cccs3)C3=C2CCCC3=O)s1. The van der Waals surface area contributed by atoms with Crippen molar-refractivity contribution >= 4 is 45.4 Å². The van der Waals surface area contributed by atoms with E-state index >= 15 is 0 Å². The number of Topliss-reactive ketones (excluding diaryl/α,β-unsaturated/α-hetero) is 1. The summed E-state index contributed by atoms with van der Waals surface area (Å²) in [4.78, 5) is 15.7. The van der Waals surface area contributed by atoms with Crippen molar-refractivity contribution in [2.75, 3.05) is 4.90 Å². The van der Waals surface area contributed by atoms with Crippen molar-refractivity contribution in [1.29, 1.82) is 5.26 Å². The number of nitriles is 1. The zero-order valence-electron chi connectivity index (χ0n) is 15.5. The molecule has 1 aliphatic carbocycles. The standard InChI is InChI=1S/C19H19N5OS3/c1-10(2)27-19-23-22-18(28-19)24-12-5-3-6-13(25)16(12)15(11(9-20)17(24)21)14-7-4-8-26-14/h4,7-8,10,15H,3,5-6,21H2,1-2H3/t15-/m0/s1. The molecule has 4 rings (SSSR count). The van der Waals surface area contributed by atoms with Gasteiger partial charge in [-0.25, -0.2) is 0 Å². The molecule has 0 fully saturated rings. The lowest BCUT2D eigenvalue weighted by molar-refractivity contribution is -0.116. The van der Waals surface area contributed by atoms with E-state index in [9.17, 15) is 10.1 Å². The molecule has 2 aromatic rings. The monoisotopic (exact) mass is 429 g/mol. The number of carbonyl (C=O) groups is 1. The Bertz CT molecular complexity index is 1010. The van der Waals surface area contributed by atoms with Crippen LogP contribution in [0.5, 0.6) is 0 Å². The topological polar surface area (TPSA) is 95.9 Å². The molecule has 0 saturated heterocycles. The average Bonchev–Trinajstić information content (AvgIpc) is 3.32. The molecule has 1 atom stereocenters. The van der Waals surface area contributed by atoms with Gasteiger partial charge in [-0.15, -0.1) is 21.5 Å². The summed E-state index contributed by atoms with van der Waals surface area (Å²) in [5, 5.41) is 21.5. The highest BCUT2D eigenvalue weighted by Gasteiger charge is 2.41. The van der Waals surface area contributed by atoms with Gasteiger partial charge in [0, 0.05) is 27.8 Å². The molecular formula is C19H19N5OS3. The van der Waals surface area contributed by atoms with Gasteiger partial charge in [0.25, 0.3) is 0 Å². The Balaban J connectivity index is 1.87. The van der Waals surface area contributed by atoms with Crippen molar-refractivity contribution in [2.24, 2.45) is 5.73 Å². The number of hydrogen-bond acceptors (Lipinski definition) is 9. The van der Waals surface area contributed by atoms with Crippen LogP contribution in [0.25, 0.3) is 0 Å². The third kappa shape index (κ3) is 3.26. The molecule has 0 spiro atoms. The lowest BCUT2D eigenvalue weighted by atomic mass is 9.78. The van der Waals surface area contributed by atoms with E-state index in [0.717, 1.165) is 27.8 Å². The average molecular weight is 430 g/mol. The molecule has 2 N–H and O–H groups in total. The number of rotatable bonds is 4. The minimum absolute atomic E-state index is 0.0891. The lowest BCUT2D eigenvalue weighted by Crippen LogP contribution is -2.38. The molecule has 1 aliphatic heterocycles. The van der Waals surface area contributed by atoms with E-state index in [1.54, 1.807) is 28.0 Å².